The van der Waals surface area contributed by atoms with Crippen molar-refractivity contribution in [2.45, 2.75) is 19.3 Å². The molecule has 0 amide bonds. The molecule has 1 heterocycles. The van der Waals surface area contributed by atoms with E-state index in [2.05, 4.69) is 56.3 Å². The summed E-state index contributed by atoms with van der Waals surface area (Å²) in [7, 11) is 0. The molecule has 5 rings (SSSR count). The Labute approximate surface area is 151 Å². The summed E-state index contributed by atoms with van der Waals surface area (Å²) in [5.41, 5.74) is 8.33. The van der Waals surface area contributed by atoms with Crippen LogP contribution in [0.5, 0.6) is 0 Å². The number of fused-ring (bicyclic) bond motifs is 4. The molecule has 1 aliphatic rings. The molecule has 0 aliphatic heterocycles. The van der Waals surface area contributed by atoms with E-state index < -0.39 is 0 Å². The average Bonchev–Trinajstić information content (AvgIpc) is 3.17. The molecule has 3 aromatic carbocycles. The van der Waals surface area contributed by atoms with Crippen LogP contribution in [0.1, 0.15) is 25.0 Å². The van der Waals surface area contributed by atoms with Crippen molar-refractivity contribution in [1.82, 2.24) is 0 Å². The minimum Gasteiger partial charge on any atom is -0.464 e. The maximum atomic E-state index is 6.65. The maximum absolute atomic E-state index is 6.65. The van der Waals surface area contributed by atoms with Gasteiger partial charge in [0, 0.05) is 21.4 Å². The molecule has 0 fully saturated rings. The smallest absolute Gasteiger partial charge is 0.133 e. The number of hydrogen-bond acceptors (Lipinski definition) is 1. The molecule has 1 aliphatic carbocycles. The zero-order valence-corrected chi connectivity index (χ0v) is 14.9. The minimum absolute atomic E-state index is 0.0858. The van der Waals surface area contributed by atoms with Gasteiger partial charge in [-0.2, -0.15) is 0 Å². The van der Waals surface area contributed by atoms with Gasteiger partial charge in [0.2, 0.25) is 0 Å². The first kappa shape index (κ1) is 14.8. The fraction of sp³-hybridized carbons (Fsp3) is 0.130. The molecule has 122 valence electrons. The summed E-state index contributed by atoms with van der Waals surface area (Å²) >= 11 is 6.65. The summed E-state index contributed by atoms with van der Waals surface area (Å²) in [6.45, 7) is 4.57. The van der Waals surface area contributed by atoms with Crippen LogP contribution in [0.25, 0.3) is 33.2 Å². The highest BCUT2D eigenvalue weighted by atomic mass is 35.5. The lowest BCUT2D eigenvalue weighted by molar-refractivity contribution is 0.616. The average molecular weight is 345 g/mol. The largest absolute Gasteiger partial charge is 0.464 e. The molecule has 0 N–H and O–H groups in total. The maximum Gasteiger partial charge on any atom is 0.133 e. The van der Waals surface area contributed by atoms with Crippen molar-refractivity contribution < 1.29 is 4.42 Å². The van der Waals surface area contributed by atoms with Crippen molar-refractivity contribution in [1.29, 1.82) is 0 Å². The van der Waals surface area contributed by atoms with Gasteiger partial charge in [-0.25, -0.2) is 0 Å². The molecule has 4 aromatic rings. The van der Waals surface area contributed by atoms with Gasteiger partial charge < -0.3 is 4.42 Å². The first-order valence-electron chi connectivity index (χ1n) is 8.48. The predicted molar refractivity (Wildman–Crippen MR) is 104 cm³/mol. The number of halogens is 1. The SMILES string of the molecule is CC1(C)c2ccccc2-c2c(Cl)ccc(-c3ccc4occc4c3)c21. The van der Waals surface area contributed by atoms with Gasteiger partial charge in [-0.1, -0.05) is 61.8 Å². The minimum atomic E-state index is -0.0858. The van der Waals surface area contributed by atoms with Crippen molar-refractivity contribution in [2.24, 2.45) is 0 Å². The number of benzene rings is 3. The summed E-state index contributed by atoms with van der Waals surface area (Å²) in [4.78, 5) is 0. The van der Waals surface area contributed by atoms with Crippen LogP contribution in [0, 0.1) is 0 Å². The number of hydrogen-bond donors (Lipinski definition) is 0. The Balaban J connectivity index is 1.85. The van der Waals surface area contributed by atoms with Crippen LogP contribution in [0.2, 0.25) is 5.02 Å². The second-order valence-electron chi connectivity index (χ2n) is 7.19. The Morgan fingerprint density at radius 3 is 2.60 bits per heavy atom. The fourth-order valence-electron chi connectivity index (χ4n) is 4.25. The molecule has 0 saturated carbocycles. The lowest BCUT2D eigenvalue weighted by Gasteiger charge is -2.24. The molecule has 0 radical (unpaired) electrons. The molecule has 25 heavy (non-hydrogen) atoms. The standard InChI is InChI=1S/C23H17ClO/c1-23(2)18-6-4-3-5-17(18)21-19(24)9-8-16(22(21)23)14-7-10-20-15(13-14)11-12-25-20/h3-13H,1-2H3. The van der Waals surface area contributed by atoms with E-state index in [-0.39, 0.29) is 5.41 Å². The van der Waals surface area contributed by atoms with Gasteiger partial charge >= 0.3 is 0 Å². The van der Waals surface area contributed by atoms with Crippen molar-refractivity contribution >= 4 is 22.6 Å². The molecule has 0 bridgehead atoms. The molecular formula is C23H17ClO. The third-order valence-electron chi connectivity index (χ3n) is 5.41. The van der Waals surface area contributed by atoms with Crippen molar-refractivity contribution in [3.8, 4) is 22.3 Å². The normalized spacial score (nSPS) is 14.5. The first-order chi connectivity index (χ1) is 12.1. The quantitative estimate of drug-likeness (QED) is 0.360. The van der Waals surface area contributed by atoms with E-state index in [1.54, 1.807) is 6.26 Å². The first-order valence-corrected chi connectivity index (χ1v) is 8.85. The Bertz CT molecular complexity index is 1130. The molecule has 1 aromatic heterocycles. The van der Waals surface area contributed by atoms with Gasteiger partial charge in [0.05, 0.1) is 6.26 Å². The van der Waals surface area contributed by atoms with Crippen LogP contribution in [-0.4, -0.2) is 0 Å². The Morgan fingerprint density at radius 1 is 0.880 bits per heavy atom. The van der Waals surface area contributed by atoms with Gasteiger partial charge in [-0.05, 0) is 52.1 Å². The summed E-state index contributed by atoms with van der Waals surface area (Å²) in [5.74, 6) is 0. The van der Waals surface area contributed by atoms with Crippen molar-refractivity contribution in [3.05, 3.63) is 83.1 Å². The van der Waals surface area contributed by atoms with Crippen molar-refractivity contribution in [2.75, 3.05) is 0 Å². The Morgan fingerprint density at radius 2 is 1.72 bits per heavy atom. The zero-order valence-electron chi connectivity index (χ0n) is 14.1. The summed E-state index contributed by atoms with van der Waals surface area (Å²) in [6.07, 6.45) is 1.74. The van der Waals surface area contributed by atoms with E-state index in [9.17, 15) is 0 Å². The third-order valence-corrected chi connectivity index (χ3v) is 5.73. The lowest BCUT2D eigenvalue weighted by atomic mass is 9.79. The van der Waals surface area contributed by atoms with E-state index in [1.807, 2.05) is 18.2 Å². The molecule has 2 heteroatoms. The Kier molecular flexibility index (Phi) is 2.96. The molecule has 1 nitrogen and oxygen atoms in total. The van der Waals surface area contributed by atoms with E-state index in [1.165, 1.54) is 33.4 Å². The van der Waals surface area contributed by atoms with E-state index in [4.69, 9.17) is 16.0 Å². The number of furan rings is 1. The van der Waals surface area contributed by atoms with Gasteiger partial charge in [0.25, 0.3) is 0 Å². The zero-order chi connectivity index (χ0) is 17.2. The van der Waals surface area contributed by atoms with Gasteiger partial charge in [-0.3, -0.25) is 0 Å². The van der Waals surface area contributed by atoms with Crippen LogP contribution in [0.4, 0.5) is 0 Å². The monoisotopic (exact) mass is 344 g/mol. The highest BCUT2D eigenvalue weighted by molar-refractivity contribution is 6.34. The summed E-state index contributed by atoms with van der Waals surface area (Å²) in [5, 5.41) is 1.94. The van der Waals surface area contributed by atoms with E-state index in [0.717, 1.165) is 16.0 Å². The van der Waals surface area contributed by atoms with Crippen molar-refractivity contribution in [3.63, 3.8) is 0 Å². The molecule has 0 unspecified atom stereocenters. The topological polar surface area (TPSA) is 13.1 Å². The van der Waals surface area contributed by atoms with Crippen LogP contribution < -0.4 is 0 Å². The van der Waals surface area contributed by atoms with Crippen LogP contribution in [0.15, 0.2) is 71.3 Å². The van der Waals surface area contributed by atoms with Gasteiger partial charge in [0.1, 0.15) is 5.58 Å². The molecular weight excluding hydrogens is 328 g/mol. The second kappa shape index (κ2) is 5.00. The van der Waals surface area contributed by atoms with Gasteiger partial charge in [0.15, 0.2) is 0 Å². The highest BCUT2D eigenvalue weighted by Gasteiger charge is 2.38. The summed E-state index contributed by atoms with van der Waals surface area (Å²) < 4.78 is 5.49. The van der Waals surface area contributed by atoms with Crippen LogP contribution in [0.3, 0.4) is 0 Å². The fourth-order valence-corrected chi connectivity index (χ4v) is 4.50. The number of rotatable bonds is 1. The van der Waals surface area contributed by atoms with E-state index >= 15 is 0 Å². The third kappa shape index (κ3) is 1.96. The predicted octanol–water partition coefficient (Wildman–Crippen LogP) is 7.06. The molecule has 0 saturated heterocycles. The van der Waals surface area contributed by atoms with Gasteiger partial charge in [-0.15, -0.1) is 0 Å². The second-order valence-corrected chi connectivity index (χ2v) is 7.60. The van der Waals surface area contributed by atoms with Crippen LogP contribution >= 0.6 is 11.6 Å². The summed E-state index contributed by atoms with van der Waals surface area (Å²) in [6, 6.07) is 21.1. The Hall–Kier alpha value is -2.51. The molecule has 0 spiro atoms. The van der Waals surface area contributed by atoms with Crippen LogP contribution in [-0.2, 0) is 5.41 Å². The lowest BCUT2D eigenvalue weighted by Crippen LogP contribution is -2.16. The van der Waals surface area contributed by atoms with E-state index in [0.29, 0.717) is 0 Å². The highest BCUT2D eigenvalue weighted by Crippen LogP contribution is 2.54. The molecule has 0 atom stereocenters.